The first-order valence-corrected chi connectivity index (χ1v) is 13.4. The quantitative estimate of drug-likeness (QED) is 0.154. The lowest BCUT2D eigenvalue weighted by Crippen LogP contribution is -2.36. The molecule has 1 heterocycles. The van der Waals surface area contributed by atoms with E-state index in [1.54, 1.807) is 0 Å². The summed E-state index contributed by atoms with van der Waals surface area (Å²) in [6, 6.07) is 10.5. The zero-order valence-electron chi connectivity index (χ0n) is 20.6. The van der Waals surface area contributed by atoms with E-state index < -0.39 is 0 Å². The molecule has 0 fully saturated rings. The lowest BCUT2D eigenvalue weighted by molar-refractivity contribution is -0.694. The van der Waals surface area contributed by atoms with E-state index in [1.807, 2.05) is 18.6 Å². The molecule has 0 radical (unpaired) electrons. The molecule has 0 aliphatic heterocycles. The molecule has 3 nitrogen and oxygen atoms in total. The number of hydrogen-bond acceptors (Lipinski definition) is 2. The van der Waals surface area contributed by atoms with E-state index in [4.69, 9.17) is 4.74 Å². The minimum absolute atomic E-state index is 0.777. The Hall–Kier alpha value is -1.90. The van der Waals surface area contributed by atoms with Crippen molar-refractivity contribution in [3.05, 3.63) is 54.5 Å². The van der Waals surface area contributed by atoms with Gasteiger partial charge in [0.15, 0.2) is 12.7 Å². The van der Waals surface area contributed by atoms with Crippen LogP contribution >= 0.6 is 0 Å². The number of nitrogens with zero attached hydrogens (tertiary/aromatic N) is 2. The van der Waals surface area contributed by atoms with Gasteiger partial charge in [0.2, 0.25) is 0 Å². The maximum Gasteiger partial charge on any atom is 0.387 e. The second kappa shape index (κ2) is 18.7. The van der Waals surface area contributed by atoms with Crippen molar-refractivity contribution in [2.45, 2.75) is 116 Å². The lowest BCUT2D eigenvalue weighted by atomic mass is 10.0. The Kier molecular flexibility index (Phi) is 15.4. The van der Waals surface area contributed by atoms with E-state index in [0.29, 0.717) is 0 Å². The van der Waals surface area contributed by atoms with E-state index in [2.05, 4.69) is 46.8 Å². The Labute approximate surface area is 197 Å². The molecule has 0 spiro atoms. The summed E-state index contributed by atoms with van der Waals surface area (Å²) >= 11 is 0. The molecular weight excluding hydrogens is 392 g/mol. The summed E-state index contributed by atoms with van der Waals surface area (Å²) in [7, 11) is 0. The minimum atomic E-state index is 0.777. The summed E-state index contributed by atoms with van der Waals surface area (Å²) in [5.74, 6) is 0.859. The van der Waals surface area contributed by atoms with Gasteiger partial charge in [-0.2, -0.15) is 4.57 Å². The van der Waals surface area contributed by atoms with E-state index in [0.717, 1.165) is 25.5 Å². The molecule has 0 aliphatic rings. The molecule has 1 aromatic carbocycles. The van der Waals surface area contributed by atoms with Gasteiger partial charge >= 0.3 is 5.88 Å². The minimum Gasteiger partial charge on any atom is -0.443 e. The summed E-state index contributed by atoms with van der Waals surface area (Å²) in [6.45, 7) is 3.89. The molecule has 178 valence electrons. The zero-order chi connectivity index (χ0) is 22.5. The molecule has 0 saturated carbocycles. The predicted octanol–water partition coefficient (Wildman–Crippen LogP) is 8.06. The summed E-state index contributed by atoms with van der Waals surface area (Å²) in [6.07, 6.45) is 27.9. The van der Waals surface area contributed by atoms with Crippen molar-refractivity contribution in [1.82, 2.24) is 4.98 Å². The van der Waals surface area contributed by atoms with Crippen molar-refractivity contribution in [3.8, 4) is 5.88 Å². The van der Waals surface area contributed by atoms with E-state index in [1.165, 1.54) is 102 Å². The highest BCUT2D eigenvalue weighted by Crippen LogP contribution is 2.14. The van der Waals surface area contributed by atoms with Crippen LogP contribution in [0.2, 0.25) is 0 Å². The summed E-state index contributed by atoms with van der Waals surface area (Å²) < 4.78 is 8.16. The van der Waals surface area contributed by atoms with Crippen molar-refractivity contribution in [2.24, 2.45) is 0 Å². The highest BCUT2D eigenvalue weighted by molar-refractivity contribution is 5.13. The molecule has 0 atom stereocenters. The fraction of sp³-hybridized carbons (Fsp3) is 0.655. The molecule has 3 heteroatoms. The number of benzene rings is 1. The van der Waals surface area contributed by atoms with Crippen LogP contribution in [0.1, 0.15) is 115 Å². The molecule has 0 saturated heterocycles. The maximum absolute atomic E-state index is 6.03. The first kappa shape index (κ1) is 26.4. The van der Waals surface area contributed by atoms with Crippen LogP contribution < -0.4 is 9.30 Å². The van der Waals surface area contributed by atoms with Crippen LogP contribution in [0.3, 0.4) is 0 Å². The van der Waals surface area contributed by atoms with Gasteiger partial charge in [-0.15, -0.1) is 0 Å². The fourth-order valence-corrected chi connectivity index (χ4v) is 4.23. The van der Waals surface area contributed by atoms with Gasteiger partial charge in [0.05, 0.1) is 12.8 Å². The number of aromatic nitrogens is 2. The Morgan fingerprint density at radius 2 is 1.22 bits per heavy atom. The average molecular weight is 440 g/mol. The van der Waals surface area contributed by atoms with Gasteiger partial charge in [0, 0.05) is 5.56 Å². The van der Waals surface area contributed by atoms with Crippen molar-refractivity contribution in [1.29, 1.82) is 0 Å². The van der Waals surface area contributed by atoms with Crippen molar-refractivity contribution < 1.29 is 9.30 Å². The Morgan fingerprint density at radius 1 is 0.688 bits per heavy atom. The smallest absolute Gasteiger partial charge is 0.387 e. The number of unbranched alkanes of at least 4 members (excludes halogenated alkanes) is 15. The third kappa shape index (κ3) is 12.8. The zero-order valence-corrected chi connectivity index (χ0v) is 20.6. The highest BCUT2D eigenvalue weighted by Gasteiger charge is 2.12. The van der Waals surface area contributed by atoms with Crippen LogP contribution in [0, 0.1) is 0 Å². The van der Waals surface area contributed by atoms with Gasteiger partial charge in [-0.05, 0) is 6.42 Å². The van der Waals surface area contributed by atoms with Crippen LogP contribution in [0.25, 0.3) is 0 Å². The molecule has 32 heavy (non-hydrogen) atoms. The van der Waals surface area contributed by atoms with Crippen LogP contribution in [0.15, 0.2) is 48.9 Å². The first-order valence-electron chi connectivity index (χ1n) is 13.4. The van der Waals surface area contributed by atoms with Crippen molar-refractivity contribution >= 4 is 0 Å². The lowest BCUT2D eigenvalue weighted by Gasteiger charge is -2.06. The number of rotatable bonds is 20. The molecule has 0 aliphatic carbocycles. The van der Waals surface area contributed by atoms with Gasteiger partial charge in [-0.3, -0.25) is 0 Å². The Bertz CT molecular complexity index is 674. The maximum atomic E-state index is 6.03. The van der Waals surface area contributed by atoms with Crippen molar-refractivity contribution in [2.75, 3.05) is 6.61 Å². The highest BCUT2D eigenvalue weighted by atomic mass is 16.5. The molecule has 2 aromatic rings. The van der Waals surface area contributed by atoms with Gasteiger partial charge in [0.25, 0.3) is 0 Å². The standard InChI is InChI=1S/C29H47N2O/c1-2-3-4-5-6-7-8-9-10-11-12-13-14-15-16-20-25-32-29-26-30-23-24-31(29)27-28-21-18-17-19-22-28/h17-19,21-24,26H,2-16,20,25,27H2,1H3/q+1. The van der Waals surface area contributed by atoms with Crippen LogP contribution in [0.5, 0.6) is 5.88 Å². The van der Waals surface area contributed by atoms with E-state index in [9.17, 15) is 0 Å². The topological polar surface area (TPSA) is 26.0 Å². The number of hydrogen-bond donors (Lipinski definition) is 0. The van der Waals surface area contributed by atoms with Crippen LogP contribution in [-0.4, -0.2) is 11.6 Å². The molecular formula is C29H47N2O+. The second-order valence-corrected chi connectivity index (χ2v) is 9.18. The summed E-state index contributed by atoms with van der Waals surface area (Å²) in [5.41, 5.74) is 1.27. The summed E-state index contributed by atoms with van der Waals surface area (Å²) in [5, 5.41) is 0. The SMILES string of the molecule is CCCCCCCCCCCCCCCCCCOc1cncc[n+]1Cc1ccccc1. The summed E-state index contributed by atoms with van der Waals surface area (Å²) in [4.78, 5) is 4.24. The van der Waals surface area contributed by atoms with Gasteiger partial charge in [-0.25, -0.2) is 4.98 Å². The van der Waals surface area contributed by atoms with Crippen LogP contribution in [-0.2, 0) is 6.54 Å². The number of ether oxygens (including phenoxy) is 1. The largest absolute Gasteiger partial charge is 0.443 e. The van der Waals surface area contributed by atoms with Crippen LogP contribution in [0.4, 0.5) is 0 Å². The third-order valence-corrected chi connectivity index (χ3v) is 6.24. The predicted molar refractivity (Wildman–Crippen MR) is 135 cm³/mol. The molecule has 0 unspecified atom stereocenters. The van der Waals surface area contributed by atoms with Gasteiger partial charge in [0.1, 0.15) is 6.20 Å². The normalized spacial score (nSPS) is 11.0. The van der Waals surface area contributed by atoms with E-state index in [-0.39, 0.29) is 0 Å². The molecule has 0 N–H and O–H groups in total. The first-order chi connectivity index (χ1) is 15.9. The fourth-order valence-electron chi connectivity index (χ4n) is 4.23. The average Bonchev–Trinajstić information content (AvgIpc) is 2.83. The Morgan fingerprint density at radius 3 is 1.78 bits per heavy atom. The Balaban J connectivity index is 1.40. The molecule has 0 amide bonds. The van der Waals surface area contributed by atoms with Gasteiger partial charge < -0.3 is 4.74 Å². The van der Waals surface area contributed by atoms with E-state index >= 15 is 0 Å². The second-order valence-electron chi connectivity index (χ2n) is 9.18. The van der Waals surface area contributed by atoms with Gasteiger partial charge in [-0.1, -0.05) is 134 Å². The molecule has 2 rings (SSSR count). The monoisotopic (exact) mass is 439 g/mol. The van der Waals surface area contributed by atoms with Crippen molar-refractivity contribution in [3.63, 3.8) is 0 Å². The third-order valence-electron chi connectivity index (χ3n) is 6.24. The molecule has 1 aromatic heterocycles. The molecule has 0 bridgehead atoms.